The molecule has 5 heteroatoms. The zero-order chi connectivity index (χ0) is 10.8. The fourth-order valence-corrected chi connectivity index (χ4v) is 1.54. The van der Waals surface area contributed by atoms with Crippen molar-refractivity contribution in [1.82, 2.24) is 5.32 Å². The lowest BCUT2D eigenvalue weighted by Crippen LogP contribution is -2.41. The maximum absolute atomic E-state index is 13.4. The molecule has 0 saturated carbocycles. The summed E-state index contributed by atoms with van der Waals surface area (Å²) < 4.78 is 13.4. The maximum Gasteiger partial charge on any atom is 0.229 e. The molecule has 0 aromatic heterocycles. The number of aliphatic imine (C=N–C) groups is 1. The topological polar surface area (TPSA) is 67.5 Å². The van der Waals surface area contributed by atoms with Crippen LogP contribution in [-0.4, -0.2) is 11.9 Å². The summed E-state index contributed by atoms with van der Waals surface area (Å²) in [5, 5.41) is 2.36. The molecule has 78 valence electrons. The Kier molecular flexibility index (Phi) is 2.37. The van der Waals surface area contributed by atoms with Gasteiger partial charge in [0.1, 0.15) is 5.82 Å². The molecule has 1 heterocycles. The van der Waals surface area contributed by atoms with E-state index in [1.54, 1.807) is 18.2 Å². The van der Waals surface area contributed by atoms with Gasteiger partial charge in [-0.2, -0.15) is 0 Å². The lowest BCUT2D eigenvalue weighted by atomic mass is 10.0. The summed E-state index contributed by atoms with van der Waals surface area (Å²) in [5.74, 6) is -0.566. The highest BCUT2D eigenvalue weighted by molar-refractivity contribution is 5.98. The number of carbonyl (C=O) groups excluding carboxylic acids is 1. The number of hydrogen-bond donors (Lipinski definition) is 2. The third-order valence-corrected chi connectivity index (χ3v) is 2.21. The Labute approximate surface area is 86.0 Å². The summed E-state index contributed by atoms with van der Waals surface area (Å²) in [5.41, 5.74) is 5.80. The van der Waals surface area contributed by atoms with E-state index in [4.69, 9.17) is 5.73 Å². The summed E-state index contributed by atoms with van der Waals surface area (Å²) in [6.45, 7) is 0. The van der Waals surface area contributed by atoms with Gasteiger partial charge in [0.2, 0.25) is 5.91 Å². The van der Waals surface area contributed by atoms with E-state index in [2.05, 4.69) is 10.3 Å². The number of rotatable bonds is 1. The Morgan fingerprint density at radius 1 is 1.47 bits per heavy atom. The van der Waals surface area contributed by atoms with Gasteiger partial charge in [0, 0.05) is 5.56 Å². The molecule has 1 aliphatic rings. The number of hydrogen-bond acceptors (Lipinski definition) is 3. The first-order valence-corrected chi connectivity index (χ1v) is 4.54. The molecule has 1 aromatic rings. The van der Waals surface area contributed by atoms with Crippen LogP contribution in [0.4, 0.5) is 4.39 Å². The smallest absolute Gasteiger partial charge is 0.229 e. The Balaban J connectivity index is 2.36. The number of benzene rings is 1. The highest BCUT2D eigenvalue weighted by Crippen LogP contribution is 2.25. The normalized spacial score (nSPS) is 20.7. The van der Waals surface area contributed by atoms with Crippen molar-refractivity contribution in [2.75, 3.05) is 0 Å². The fraction of sp³-hybridized carbons (Fsp3) is 0.200. The van der Waals surface area contributed by atoms with Gasteiger partial charge in [0.05, 0.1) is 12.5 Å². The number of carbonyl (C=O) groups is 1. The van der Waals surface area contributed by atoms with Gasteiger partial charge in [-0.3, -0.25) is 10.1 Å². The third-order valence-electron chi connectivity index (χ3n) is 2.21. The minimum absolute atomic E-state index is 0.0412. The van der Waals surface area contributed by atoms with E-state index < -0.39 is 6.04 Å². The van der Waals surface area contributed by atoms with Gasteiger partial charge in [-0.15, -0.1) is 0 Å². The zero-order valence-electron chi connectivity index (χ0n) is 7.90. The molecule has 0 bridgehead atoms. The molecule has 0 aliphatic carbocycles. The van der Waals surface area contributed by atoms with Gasteiger partial charge in [-0.05, 0) is 6.07 Å². The van der Waals surface area contributed by atoms with E-state index in [0.717, 1.165) is 0 Å². The number of halogens is 1. The largest absolute Gasteiger partial charge is 0.370 e. The predicted molar refractivity (Wildman–Crippen MR) is 53.5 cm³/mol. The van der Waals surface area contributed by atoms with Gasteiger partial charge < -0.3 is 5.73 Å². The van der Waals surface area contributed by atoms with Crippen molar-refractivity contribution < 1.29 is 9.18 Å². The second-order valence-electron chi connectivity index (χ2n) is 3.30. The second kappa shape index (κ2) is 3.68. The van der Waals surface area contributed by atoms with Crippen molar-refractivity contribution in [2.24, 2.45) is 10.7 Å². The monoisotopic (exact) mass is 207 g/mol. The van der Waals surface area contributed by atoms with Crippen molar-refractivity contribution in [1.29, 1.82) is 0 Å². The first-order valence-electron chi connectivity index (χ1n) is 4.54. The van der Waals surface area contributed by atoms with Crippen molar-refractivity contribution >= 4 is 11.9 Å². The van der Waals surface area contributed by atoms with Crippen LogP contribution in [0, 0.1) is 5.82 Å². The Hall–Kier alpha value is -1.91. The van der Waals surface area contributed by atoms with Crippen LogP contribution >= 0.6 is 0 Å². The average molecular weight is 207 g/mol. The molecule has 0 fully saturated rings. The first kappa shape index (κ1) is 9.64. The molecule has 0 saturated heterocycles. The van der Waals surface area contributed by atoms with Crippen LogP contribution in [0.1, 0.15) is 18.0 Å². The summed E-state index contributed by atoms with van der Waals surface area (Å²) >= 11 is 0. The van der Waals surface area contributed by atoms with Crippen LogP contribution in [0.5, 0.6) is 0 Å². The summed E-state index contributed by atoms with van der Waals surface area (Å²) in [6, 6.07) is 5.73. The molecule has 2 rings (SSSR count). The molecule has 0 radical (unpaired) electrons. The highest BCUT2D eigenvalue weighted by atomic mass is 19.1. The van der Waals surface area contributed by atoms with Gasteiger partial charge >= 0.3 is 0 Å². The summed E-state index contributed by atoms with van der Waals surface area (Å²) in [7, 11) is 0. The fourth-order valence-electron chi connectivity index (χ4n) is 1.54. The molecule has 1 aromatic carbocycles. The minimum Gasteiger partial charge on any atom is -0.370 e. The SMILES string of the molecule is NC1=NC(c2ccccc2F)CC(=O)N1. The van der Waals surface area contributed by atoms with Crippen LogP contribution in [0.15, 0.2) is 29.3 Å². The first-order chi connectivity index (χ1) is 7.16. The van der Waals surface area contributed by atoms with E-state index in [1.807, 2.05) is 0 Å². The zero-order valence-corrected chi connectivity index (χ0v) is 7.90. The van der Waals surface area contributed by atoms with Gasteiger partial charge in [0.25, 0.3) is 0 Å². The lowest BCUT2D eigenvalue weighted by molar-refractivity contribution is -0.120. The van der Waals surface area contributed by atoms with Crippen LogP contribution in [-0.2, 0) is 4.79 Å². The maximum atomic E-state index is 13.4. The average Bonchev–Trinajstić information content (AvgIpc) is 2.16. The Morgan fingerprint density at radius 3 is 2.87 bits per heavy atom. The lowest BCUT2D eigenvalue weighted by Gasteiger charge is -2.19. The standard InChI is InChI=1S/C10H10FN3O/c11-7-4-2-1-3-6(7)8-5-9(15)14-10(12)13-8/h1-4,8H,5H2,(H3,12,13,14,15). The van der Waals surface area contributed by atoms with Crippen LogP contribution in [0.25, 0.3) is 0 Å². The molecule has 0 spiro atoms. The van der Waals surface area contributed by atoms with E-state index in [1.165, 1.54) is 6.07 Å². The van der Waals surface area contributed by atoms with Crippen LogP contribution in [0.2, 0.25) is 0 Å². The highest BCUT2D eigenvalue weighted by Gasteiger charge is 2.22. The molecular weight excluding hydrogens is 197 g/mol. The van der Waals surface area contributed by atoms with Gasteiger partial charge in [-0.25, -0.2) is 9.38 Å². The number of nitrogens with zero attached hydrogens (tertiary/aromatic N) is 1. The molecule has 1 aliphatic heterocycles. The molecule has 3 N–H and O–H groups in total. The summed E-state index contributed by atoms with van der Waals surface area (Å²) in [4.78, 5) is 15.2. The number of nitrogens with two attached hydrogens (primary N) is 1. The Morgan fingerprint density at radius 2 is 2.20 bits per heavy atom. The van der Waals surface area contributed by atoms with E-state index in [-0.39, 0.29) is 24.1 Å². The Bertz CT molecular complexity index is 430. The van der Waals surface area contributed by atoms with E-state index in [0.29, 0.717) is 5.56 Å². The quantitative estimate of drug-likeness (QED) is 0.711. The van der Waals surface area contributed by atoms with E-state index >= 15 is 0 Å². The van der Waals surface area contributed by atoms with Crippen molar-refractivity contribution in [3.63, 3.8) is 0 Å². The van der Waals surface area contributed by atoms with Crippen LogP contribution in [0.3, 0.4) is 0 Å². The van der Waals surface area contributed by atoms with E-state index in [9.17, 15) is 9.18 Å². The molecule has 1 atom stereocenters. The van der Waals surface area contributed by atoms with Crippen molar-refractivity contribution in [3.05, 3.63) is 35.6 Å². The van der Waals surface area contributed by atoms with Gasteiger partial charge in [-0.1, -0.05) is 18.2 Å². The second-order valence-corrected chi connectivity index (χ2v) is 3.30. The summed E-state index contributed by atoms with van der Waals surface area (Å²) in [6.07, 6.45) is 0.127. The molecule has 4 nitrogen and oxygen atoms in total. The molecule has 1 unspecified atom stereocenters. The molecule has 1 amide bonds. The predicted octanol–water partition coefficient (Wildman–Crippen LogP) is 0.701. The molecular formula is C10H10FN3O. The number of amides is 1. The third kappa shape index (κ3) is 1.96. The molecule has 15 heavy (non-hydrogen) atoms. The number of nitrogens with one attached hydrogen (secondary N) is 1. The van der Waals surface area contributed by atoms with Gasteiger partial charge in [0.15, 0.2) is 5.96 Å². The van der Waals surface area contributed by atoms with Crippen LogP contribution < -0.4 is 11.1 Å². The number of guanidine groups is 1. The van der Waals surface area contributed by atoms with Crippen molar-refractivity contribution in [3.8, 4) is 0 Å². The minimum atomic E-state index is -0.514. The van der Waals surface area contributed by atoms with Crippen molar-refractivity contribution in [2.45, 2.75) is 12.5 Å².